The van der Waals surface area contributed by atoms with Crippen molar-refractivity contribution in [1.82, 2.24) is 0 Å². The van der Waals surface area contributed by atoms with E-state index in [4.69, 9.17) is 17.3 Å². The Hall–Kier alpha value is -0.570. The molecule has 0 aromatic heterocycles. The third-order valence-corrected chi connectivity index (χ3v) is 6.33. The van der Waals surface area contributed by atoms with Crippen LogP contribution >= 0.6 is 11.6 Å². The molecular formula is C17H22ClNO. The van der Waals surface area contributed by atoms with Crippen molar-refractivity contribution in [3.8, 4) is 0 Å². The average molecular weight is 292 g/mol. The molecule has 0 saturated heterocycles. The number of aliphatic hydroxyl groups is 1. The van der Waals surface area contributed by atoms with Crippen LogP contribution in [0.5, 0.6) is 0 Å². The maximum Gasteiger partial charge on any atom is 0.0716 e. The normalized spacial score (nSPS) is 47.5. The van der Waals surface area contributed by atoms with Crippen LogP contribution in [0.1, 0.15) is 43.7 Å². The third kappa shape index (κ3) is 1.85. The Morgan fingerprint density at radius 2 is 1.95 bits per heavy atom. The highest BCUT2D eigenvalue weighted by molar-refractivity contribution is 6.24. The summed E-state index contributed by atoms with van der Waals surface area (Å²) in [5, 5.41) is 11.2. The molecule has 4 aliphatic rings. The van der Waals surface area contributed by atoms with Crippen LogP contribution < -0.4 is 5.73 Å². The standard InChI is InChI=1S/C17H22ClNO/c18-16-7-11-6-13(9-16)14(17(20,8-11)10-16)15(19)12-4-2-1-3-5-12/h1-5,11,13-15,20H,6-10,19H2/t11-,13-,14+,15-,16-,17-/m0/s1. The minimum atomic E-state index is -0.652. The Bertz CT molecular complexity index is 521. The van der Waals surface area contributed by atoms with Gasteiger partial charge in [-0.15, -0.1) is 11.6 Å². The number of hydrogen-bond acceptors (Lipinski definition) is 2. The fraction of sp³-hybridized carbons (Fsp3) is 0.647. The SMILES string of the molecule is N[C@@H](c1ccccc1)[C@H]1[C@H]2C[C@H]3C[C@](Cl)(C2)C[C@@]1(O)C3. The summed E-state index contributed by atoms with van der Waals surface area (Å²) in [7, 11) is 0. The number of rotatable bonds is 2. The molecular weight excluding hydrogens is 270 g/mol. The summed E-state index contributed by atoms with van der Waals surface area (Å²) in [6.07, 6.45) is 4.92. The van der Waals surface area contributed by atoms with Crippen molar-refractivity contribution < 1.29 is 5.11 Å². The Kier molecular flexibility index (Phi) is 2.77. The van der Waals surface area contributed by atoms with Gasteiger partial charge in [-0.05, 0) is 49.5 Å². The Morgan fingerprint density at radius 3 is 2.60 bits per heavy atom. The average Bonchev–Trinajstić information content (AvgIpc) is 2.36. The van der Waals surface area contributed by atoms with Crippen LogP contribution in [0.25, 0.3) is 0 Å². The molecule has 3 heteroatoms. The zero-order valence-corrected chi connectivity index (χ0v) is 12.4. The molecule has 0 amide bonds. The van der Waals surface area contributed by atoms with Gasteiger partial charge in [0.25, 0.3) is 0 Å². The van der Waals surface area contributed by atoms with Crippen LogP contribution in [0.3, 0.4) is 0 Å². The van der Waals surface area contributed by atoms with Crippen molar-refractivity contribution in [3.05, 3.63) is 35.9 Å². The monoisotopic (exact) mass is 291 g/mol. The summed E-state index contributed by atoms with van der Waals surface area (Å²) in [6.45, 7) is 0. The quantitative estimate of drug-likeness (QED) is 0.822. The van der Waals surface area contributed by atoms with Gasteiger partial charge in [0, 0.05) is 16.8 Å². The van der Waals surface area contributed by atoms with Crippen molar-refractivity contribution in [2.24, 2.45) is 23.5 Å². The number of alkyl halides is 1. The van der Waals surface area contributed by atoms with Crippen LogP contribution in [-0.4, -0.2) is 15.6 Å². The van der Waals surface area contributed by atoms with Crippen molar-refractivity contribution in [1.29, 1.82) is 0 Å². The molecule has 20 heavy (non-hydrogen) atoms. The smallest absolute Gasteiger partial charge is 0.0716 e. The van der Waals surface area contributed by atoms with Gasteiger partial charge < -0.3 is 10.8 Å². The molecule has 4 saturated carbocycles. The third-order valence-electron chi connectivity index (χ3n) is 5.88. The van der Waals surface area contributed by atoms with Crippen LogP contribution in [0.4, 0.5) is 0 Å². The van der Waals surface area contributed by atoms with Crippen molar-refractivity contribution in [2.45, 2.75) is 48.6 Å². The molecule has 5 rings (SSSR count). The van der Waals surface area contributed by atoms with Crippen LogP contribution in [-0.2, 0) is 0 Å². The summed E-state index contributed by atoms with van der Waals surface area (Å²) in [6, 6.07) is 10.1. The predicted molar refractivity (Wildman–Crippen MR) is 80.5 cm³/mol. The van der Waals surface area contributed by atoms with Gasteiger partial charge in [-0.25, -0.2) is 0 Å². The lowest BCUT2D eigenvalue weighted by atomic mass is 9.48. The second kappa shape index (κ2) is 4.22. The van der Waals surface area contributed by atoms with E-state index in [-0.39, 0.29) is 16.8 Å². The molecule has 4 bridgehead atoms. The molecule has 4 fully saturated rings. The molecule has 6 atom stereocenters. The molecule has 2 nitrogen and oxygen atoms in total. The zero-order chi connectivity index (χ0) is 14.0. The molecule has 1 aromatic carbocycles. The maximum atomic E-state index is 11.2. The first-order valence-electron chi connectivity index (χ1n) is 7.71. The first-order valence-corrected chi connectivity index (χ1v) is 8.09. The van der Waals surface area contributed by atoms with Crippen LogP contribution in [0.2, 0.25) is 0 Å². The minimum absolute atomic E-state index is 0.0773. The first kappa shape index (κ1) is 13.1. The summed E-state index contributed by atoms with van der Waals surface area (Å²) in [5.41, 5.74) is 7.03. The van der Waals surface area contributed by atoms with Crippen LogP contribution in [0.15, 0.2) is 30.3 Å². The largest absolute Gasteiger partial charge is 0.389 e. The summed E-state index contributed by atoms with van der Waals surface area (Å²) < 4.78 is 0. The van der Waals surface area contributed by atoms with E-state index in [1.807, 2.05) is 18.2 Å². The molecule has 1 aromatic rings. The van der Waals surface area contributed by atoms with Gasteiger partial charge >= 0.3 is 0 Å². The second-order valence-electron chi connectivity index (χ2n) is 7.37. The van der Waals surface area contributed by atoms with E-state index in [0.29, 0.717) is 11.8 Å². The molecule has 3 N–H and O–H groups in total. The fourth-order valence-electron chi connectivity index (χ4n) is 5.56. The topological polar surface area (TPSA) is 46.2 Å². The van der Waals surface area contributed by atoms with Gasteiger partial charge in [0.15, 0.2) is 0 Å². The molecule has 0 radical (unpaired) electrons. The summed E-state index contributed by atoms with van der Waals surface area (Å²) >= 11 is 6.74. The molecule has 0 spiro atoms. The number of benzene rings is 1. The van der Waals surface area contributed by atoms with E-state index >= 15 is 0 Å². The molecule has 108 valence electrons. The van der Waals surface area contributed by atoms with Crippen LogP contribution in [0, 0.1) is 17.8 Å². The highest BCUT2D eigenvalue weighted by Gasteiger charge is 2.62. The van der Waals surface area contributed by atoms with E-state index in [9.17, 15) is 5.11 Å². The Morgan fingerprint density at radius 1 is 1.20 bits per heavy atom. The molecule has 0 unspecified atom stereocenters. The predicted octanol–water partition coefficient (Wildman–Crippen LogP) is 3.24. The summed E-state index contributed by atoms with van der Waals surface area (Å²) in [4.78, 5) is -0.159. The Labute approximate surface area is 125 Å². The van der Waals surface area contributed by atoms with E-state index < -0.39 is 5.60 Å². The Balaban J connectivity index is 1.69. The van der Waals surface area contributed by atoms with Gasteiger partial charge in [-0.2, -0.15) is 0 Å². The minimum Gasteiger partial charge on any atom is -0.389 e. The molecule has 0 aliphatic heterocycles. The van der Waals surface area contributed by atoms with Gasteiger partial charge in [-0.1, -0.05) is 30.3 Å². The van der Waals surface area contributed by atoms with Gasteiger partial charge in [0.05, 0.1) is 5.60 Å². The number of hydrogen-bond donors (Lipinski definition) is 2. The second-order valence-corrected chi connectivity index (χ2v) is 8.17. The number of halogens is 1. The van der Waals surface area contributed by atoms with Crippen molar-refractivity contribution in [3.63, 3.8) is 0 Å². The van der Waals surface area contributed by atoms with Crippen molar-refractivity contribution >= 4 is 11.6 Å². The van der Waals surface area contributed by atoms with E-state index in [0.717, 1.165) is 31.2 Å². The van der Waals surface area contributed by atoms with Gasteiger partial charge in [0.2, 0.25) is 0 Å². The van der Waals surface area contributed by atoms with E-state index in [2.05, 4.69) is 12.1 Å². The van der Waals surface area contributed by atoms with Crippen molar-refractivity contribution in [2.75, 3.05) is 0 Å². The number of nitrogens with two attached hydrogens (primary N) is 1. The zero-order valence-electron chi connectivity index (χ0n) is 11.6. The highest BCUT2D eigenvalue weighted by atomic mass is 35.5. The lowest BCUT2D eigenvalue weighted by Gasteiger charge is -2.63. The van der Waals surface area contributed by atoms with E-state index in [1.165, 1.54) is 6.42 Å². The lowest BCUT2D eigenvalue weighted by molar-refractivity contribution is -0.170. The summed E-state index contributed by atoms with van der Waals surface area (Å²) in [5.74, 6) is 1.24. The van der Waals surface area contributed by atoms with Gasteiger partial charge in [0.1, 0.15) is 0 Å². The van der Waals surface area contributed by atoms with Gasteiger partial charge in [-0.3, -0.25) is 0 Å². The molecule has 0 heterocycles. The lowest BCUT2D eigenvalue weighted by Crippen LogP contribution is -2.64. The fourth-order valence-corrected chi connectivity index (χ4v) is 6.21. The van der Waals surface area contributed by atoms with E-state index in [1.54, 1.807) is 0 Å². The highest BCUT2D eigenvalue weighted by Crippen LogP contribution is 2.64. The first-order chi connectivity index (χ1) is 9.49. The maximum absolute atomic E-state index is 11.2. The molecule has 4 aliphatic carbocycles.